The van der Waals surface area contributed by atoms with E-state index in [1.165, 1.54) is 0 Å². The smallest absolute Gasteiger partial charge is 0.261 e. The lowest BCUT2D eigenvalue weighted by molar-refractivity contribution is -0.143. The fraction of sp³-hybridized carbons (Fsp3) is 0.333. The zero-order chi connectivity index (χ0) is 27.2. The van der Waals surface area contributed by atoms with Crippen LogP contribution in [0.3, 0.4) is 0 Å². The van der Waals surface area contributed by atoms with E-state index in [-0.39, 0.29) is 25.0 Å². The number of rotatable bonds is 9. The van der Waals surface area contributed by atoms with Gasteiger partial charge >= 0.3 is 0 Å². The number of carbonyl (C=O) groups excluding carboxylic acids is 2. The molecule has 3 aromatic rings. The zero-order valence-corrected chi connectivity index (χ0v) is 24.3. The third-order valence-electron chi connectivity index (χ3n) is 5.78. The Kier molecular flexibility index (Phi) is 9.80. The minimum absolute atomic E-state index is 0.199. The summed E-state index contributed by atoms with van der Waals surface area (Å²) in [4.78, 5) is 28.9. The second-order valence-corrected chi connectivity index (χ2v) is 11.5. The molecule has 1 N–H and O–H groups in total. The summed E-state index contributed by atoms with van der Waals surface area (Å²) in [5.74, 6) is 0.0956. The van der Waals surface area contributed by atoms with Crippen LogP contribution in [0.5, 0.6) is 5.75 Å². The monoisotopic (exact) mass is 584 g/mol. The SMILES string of the molecule is Cc1cc(OCC(=O)N(Cc2cccc(Cl)c2)[C@H](Cc2ccccc2)C(=O)NC(C)(C)C)cc(C)c1Br. The second-order valence-electron chi connectivity index (χ2n) is 10.3. The van der Waals surface area contributed by atoms with Crippen molar-refractivity contribution in [2.45, 2.75) is 59.2 Å². The van der Waals surface area contributed by atoms with Crippen LogP contribution in [0, 0.1) is 13.8 Å². The van der Waals surface area contributed by atoms with Crippen molar-refractivity contribution >= 4 is 39.3 Å². The Bertz CT molecular complexity index is 1220. The number of ether oxygens (including phenoxy) is 1. The highest BCUT2D eigenvalue weighted by Crippen LogP contribution is 2.26. The highest BCUT2D eigenvalue weighted by Gasteiger charge is 2.32. The van der Waals surface area contributed by atoms with Crippen LogP contribution in [0.2, 0.25) is 5.02 Å². The molecule has 0 saturated carbocycles. The lowest BCUT2D eigenvalue weighted by atomic mass is 10.0. The van der Waals surface area contributed by atoms with E-state index in [2.05, 4.69) is 21.2 Å². The van der Waals surface area contributed by atoms with Crippen LogP contribution in [0.25, 0.3) is 0 Å². The highest BCUT2D eigenvalue weighted by atomic mass is 79.9. The predicted octanol–water partition coefficient (Wildman–Crippen LogP) is 6.65. The first-order valence-electron chi connectivity index (χ1n) is 12.2. The van der Waals surface area contributed by atoms with Gasteiger partial charge in [0.25, 0.3) is 5.91 Å². The number of hydrogen-bond donors (Lipinski definition) is 1. The normalized spacial score (nSPS) is 12.1. The Morgan fingerprint density at radius 3 is 2.19 bits per heavy atom. The molecule has 0 aliphatic heterocycles. The van der Waals surface area contributed by atoms with E-state index in [0.29, 0.717) is 17.2 Å². The molecule has 196 valence electrons. The highest BCUT2D eigenvalue weighted by molar-refractivity contribution is 9.10. The quantitative estimate of drug-likeness (QED) is 0.306. The summed E-state index contributed by atoms with van der Waals surface area (Å²) in [5.41, 5.74) is 3.37. The summed E-state index contributed by atoms with van der Waals surface area (Å²) in [6, 6.07) is 20.1. The van der Waals surface area contributed by atoms with E-state index in [0.717, 1.165) is 26.7 Å². The Labute approximate surface area is 233 Å². The number of hydrogen-bond acceptors (Lipinski definition) is 3. The van der Waals surface area contributed by atoms with Gasteiger partial charge in [-0.3, -0.25) is 9.59 Å². The molecule has 0 aliphatic rings. The summed E-state index contributed by atoms with van der Waals surface area (Å²) >= 11 is 9.80. The van der Waals surface area contributed by atoms with Crippen LogP contribution >= 0.6 is 27.5 Å². The number of amides is 2. The van der Waals surface area contributed by atoms with Crippen LogP contribution in [0.4, 0.5) is 0 Å². The van der Waals surface area contributed by atoms with Gasteiger partial charge in [-0.05, 0) is 81.1 Å². The Morgan fingerprint density at radius 2 is 1.59 bits per heavy atom. The molecule has 37 heavy (non-hydrogen) atoms. The standard InChI is InChI=1S/C30H34BrClN2O3/c1-20-14-25(15-21(2)28(20)31)37-19-27(35)34(18-23-12-9-13-24(32)16-23)26(29(36)33-30(3,4)5)17-22-10-7-6-8-11-22/h6-16,26H,17-19H2,1-5H3,(H,33,36)/t26-/m1/s1. The number of benzene rings is 3. The largest absolute Gasteiger partial charge is 0.484 e. The maximum Gasteiger partial charge on any atom is 0.261 e. The molecule has 1 atom stereocenters. The van der Waals surface area contributed by atoms with E-state index >= 15 is 0 Å². The molecule has 7 heteroatoms. The van der Waals surface area contributed by atoms with Crippen molar-refractivity contribution < 1.29 is 14.3 Å². The summed E-state index contributed by atoms with van der Waals surface area (Å²) in [6.07, 6.45) is 0.367. The average Bonchev–Trinajstić information content (AvgIpc) is 2.82. The van der Waals surface area contributed by atoms with Crippen LogP contribution in [-0.2, 0) is 22.6 Å². The summed E-state index contributed by atoms with van der Waals surface area (Å²) in [6.45, 7) is 9.75. The lowest BCUT2D eigenvalue weighted by Gasteiger charge is -2.33. The average molecular weight is 586 g/mol. The Balaban J connectivity index is 1.94. The fourth-order valence-corrected chi connectivity index (χ4v) is 4.50. The molecule has 0 saturated heterocycles. The molecule has 0 spiro atoms. The first-order chi connectivity index (χ1) is 17.4. The molecular formula is C30H34BrClN2O3. The van der Waals surface area contributed by atoms with Gasteiger partial charge in [0.15, 0.2) is 6.61 Å². The maximum atomic E-state index is 13.7. The molecule has 0 heterocycles. The van der Waals surface area contributed by atoms with Gasteiger partial charge in [-0.25, -0.2) is 0 Å². The van der Waals surface area contributed by atoms with Crippen molar-refractivity contribution in [2.24, 2.45) is 0 Å². The van der Waals surface area contributed by atoms with Crippen molar-refractivity contribution in [1.82, 2.24) is 10.2 Å². The molecule has 0 fully saturated rings. The number of aryl methyl sites for hydroxylation is 2. The third kappa shape index (κ3) is 8.61. The van der Waals surface area contributed by atoms with Gasteiger partial charge in [-0.2, -0.15) is 0 Å². The summed E-state index contributed by atoms with van der Waals surface area (Å²) < 4.78 is 6.95. The third-order valence-corrected chi connectivity index (χ3v) is 7.27. The van der Waals surface area contributed by atoms with Gasteiger partial charge in [-0.1, -0.05) is 70.0 Å². The lowest BCUT2D eigenvalue weighted by Crippen LogP contribution is -2.55. The molecule has 5 nitrogen and oxygen atoms in total. The molecule has 2 amide bonds. The molecule has 3 aromatic carbocycles. The van der Waals surface area contributed by atoms with E-state index in [9.17, 15) is 9.59 Å². The van der Waals surface area contributed by atoms with E-state index < -0.39 is 11.6 Å². The van der Waals surface area contributed by atoms with Gasteiger partial charge in [-0.15, -0.1) is 0 Å². The maximum absolute atomic E-state index is 13.7. The minimum Gasteiger partial charge on any atom is -0.484 e. The molecule has 0 unspecified atom stereocenters. The Hall–Kier alpha value is -2.83. The van der Waals surface area contributed by atoms with E-state index in [1.54, 1.807) is 11.0 Å². The number of nitrogens with one attached hydrogen (secondary N) is 1. The number of nitrogens with zero attached hydrogens (tertiary/aromatic N) is 1. The van der Waals surface area contributed by atoms with Crippen molar-refractivity contribution in [3.8, 4) is 5.75 Å². The van der Waals surface area contributed by atoms with E-state index in [1.807, 2.05) is 95.3 Å². The minimum atomic E-state index is -0.745. The van der Waals surface area contributed by atoms with Crippen molar-refractivity contribution in [2.75, 3.05) is 6.61 Å². The number of carbonyl (C=O) groups is 2. The molecule has 3 rings (SSSR count). The fourth-order valence-electron chi connectivity index (χ4n) is 4.06. The number of halogens is 2. The topological polar surface area (TPSA) is 58.6 Å². The molecule has 0 radical (unpaired) electrons. The van der Waals surface area contributed by atoms with Gasteiger partial charge in [0.2, 0.25) is 5.91 Å². The molecular weight excluding hydrogens is 552 g/mol. The van der Waals surface area contributed by atoms with Gasteiger partial charge in [0, 0.05) is 28.0 Å². The van der Waals surface area contributed by atoms with Crippen molar-refractivity contribution in [3.63, 3.8) is 0 Å². The molecule has 0 aromatic heterocycles. The predicted molar refractivity (Wildman–Crippen MR) is 153 cm³/mol. The summed E-state index contributed by atoms with van der Waals surface area (Å²) in [5, 5.41) is 3.63. The zero-order valence-electron chi connectivity index (χ0n) is 22.0. The van der Waals surface area contributed by atoms with Crippen LogP contribution in [0.15, 0.2) is 71.2 Å². The van der Waals surface area contributed by atoms with Gasteiger partial charge in [0.05, 0.1) is 0 Å². The summed E-state index contributed by atoms with van der Waals surface area (Å²) in [7, 11) is 0. The Morgan fingerprint density at radius 1 is 0.973 bits per heavy atom. The van der Waals surface area contributed by atoms with Crippen molar-refractivity contribution in [1.29, 1.82) is 0 Å². The van der Waals surface area contributed by atoms with E-state index in [4.69, 9.17) is 16.3 Å². The first-order valence-corrected chi connectivity index (χ1v) is 13.4. The van der Waals surface area contributed by atoms with Crippen LogP contribution < -0.4 is 10.1 Å². The van der Waals surface area contributed by atoms with Gasteiger partial charge < -0.3 is 15.0 Å². The molecule has 0 aliphatic carbocycles. The van der Waals surface area contributed by atoms with Crippen LogP contribution in [-0.4, -0.2) is 34.9 Å². The van der Waals surface area contributed by atoms with Crippen molar-refractivity contribution in [3.05, 3.63) is 98.5 Å². The van der Waals surface area contributed by atoms with Crippen LogP contribution in [0.1, 0.15) is 43.0 Å². The molecule has 0 bridgehead atoms. The first kappa shape index (κ1) is 28.7. The second kappa shape index (κ2) is 12.6. The van der Waals surface area contributed by atoms with Gasteiger partial charge in [0.1, 0.15) is 11.8 Å².